The van der Waals surface area contributed by atoms with Gasteiger partial charge in [0.25, 0.3) is 5.91 Å². The lowest BCUT2D eigenvalue weighted by molar-refractivity contribution is 0.0508. The highest BCUT2D eigenvalue weighted by Crippen LogP contribution is 2.15. The van der Waals surface area contributed by atoms with Gasteiger partial charge in [0.1, 0.15) is 17.5 Å². The summed E-state index contributed by atoms with van der Waals surface area (Å²) in [5, 5.41) is 8.84. The van der Waals surface area contributed by atoms with E-state index in [1.54, 1.807) is 12.1 Å². The fraction of sp³-hybridized carbons (Fsp3) is 0.600. The number of rotatable bonds is 6. The summed E-state index contributed by atoms with van der Waals surface area (Å²) in [5.41, 5.74) is 0.867. The number of aromatic amines is 1. The number of nitrogens with one attached hydrogen (secondary N) is 1. The van der Waals surface area contributed by atoms with Crippen molar-refractivity contribution >= 4 is 5.91 Å². The van der Waals surface area contributed by atoms with Crippen molar-refractivity contribution in [1.29, 1.82) is 5.26 Å². The van der Waals surface area contributed by atoms with Crippen molar-refractivity contribution in [3.63, 3.8) is 0 Å². The number of amides is 1. The van der Waals surface area contributed by atoms with Gasteiger partial charge in [-0.2, -0.15) is 5.26 Å². The number of nitrogens with zero attached hydrogens (tertiary/aromatic N) is 3. The Balaban J connectivity index is 2.05. The molecule has 21 heavy (non-hydrogen) atoms. The molecule has 1 saturated heterocycles. The molecule has 0 spiro atoms. The highest BCUT2D eigenvalue weighted by molar-refractivity contribution is 5.92. The zero-order chi connectivity index (χ0) is 15.2. The van der Waals surface area contributed by atoms with E-state index in [0.29, 0.717) is 24.5 Å². The van der Waals surface area contributed by atoms with E-state index >= 15 is 0 Å². The molecule has 1 aliphatic rings. The molecule has 0 saturated carbocycles. The number of hydrogen-bond acceptors (Lipinski definition) is 4. The number of carbonyl (C=O) groups excluding carboxylic acids is 1. The van der Waals surface area contributed by atoms with E-state index in [4.69, 9.17) is 10.00 Å². The first-order valence-electron chi connectivity index (χ1n) is 7.25. The second kappa shape index (κ2) is 7.25. The first kappa shape index (κ1) is 15.5. The minimum atomic E-state index is -0.0751. The van der Waals surface area contributed by atoms with Crippen molar-refractivity contribution in [2.24, 2.45) is 0 Å². The van der Waals surface area contributed by atoms with Crippen LogP contribution >= 0.6 is 0 Å². The van der Waals surface area contributed by atoms with Crippen LogP contribution in [0.5, 0.6) is 0 Å². The highest BCUT2D eigenvalue weighted by Gasteiger charge is 2.24. The third-order valence-corrected chi connectivity index (χ3v) is 3.59. The van der Waals surface area contributed by atoms with Crippen LogP contribution in [0.25, 0.3) is 0 Å². The topological polar surface area (TPSA) is 72.4 Å². The maximum absolute atomic E-state index is 12.6. The normalized spacial score (nSPS) is 17.9. The van der Waals surface area contributed by atoms with Gasteiger partial charge >= 0.3 is 0 Å². The zero-order valence-electron chi connectivity index (χ0n) is 12.6. The number of ether oxygens (including phenoxy) is 1. The van der Waals surface area contributed by atoms with Gasteiger partial charge in [-0.25, -0.2) is 0 Å². The van der Waals surface area contributed by atoms with Crippen LogP contribution in [-0.4, -0.2) is 67.1 Å². The Kier molecular flexibility index (Phi) is 5.37. The monoisotopic (exact) mass is 290 g/mol. The van der Waals surface area contributed by atoms with Gasteiger partial charge in [-0.3, -0.25) is 4.79 Å². The Bertz CT molecular complexity index is 512. The summed E-state index contributed by atoms with van der Waals surface area (Å²) in [5.74, 6) is -0.0751. The standard InChI is InChI=1S/C15H22N4O2/c1-18(2)7-8-19(11-13-4-3-9-21-13)15(20)14-6-5-12(10-16)17-14/h5-6,13,17H,3-4,7-9,11H2,1-2H3/t13-/m1/s1. The lowest BCUT2D eigenvalue weighted by Gasteiger charge is -2.26. The average Bonchev–Trinajstić information content (AvgIpc) is 3.13. The highest BCUT2D eigenvalue weighted by atomic mass is 16.5. The van der Waals surface area contributed by atoms with Gasteiger partial charge < -0.3 is 19.5 Å². The van der Waals surface area contributed by atoms with Crippen molar-refractivity contribution in [3.05, 3.63) is 23.5 Å². The molecule has 0 aromatic carbocycles. The van der Waals surface area contributed by atoms with Gasteiger partial charge in [-0.1, -0.05) is 0 Å². The van der Waals surface area contributed by atoms with E-state index in [1.165, 1.54) is 0 Å². The Morgan fingerprint density at radius 1 is 1.48 bits per heavy atom. The third-order valence-electron chi connectivity index (χ3n) is 3.59. The summed E-state index contributed by atoms with van der Waals surface area (Å²) in [4.78, 5) is 19.3. The Morgan fingerprint density at radius 2 is 2.29 bits per heavy atom. The summed E-state index contributed by atoms with van der Waals surface area (Å²) in [7, 11) is 3.97. The van der Waals surface area contributed by atoms with Crippen LogP contribution < -0.4 is 0 Å². The predicted molar refractivity (Wildman–Crippen MR) is 78.9 cm³/mol. The molecule has 6 nitrogen and oxygen atoms in total. The SMILES string of the molecule is CN(C)CCN(C[C@H]1CCCO1)C(=O)c1ccc(C#N)[nH]1. The van der Waals surface area contributed by atoms with Crippen LogP contribution in [0.1, 0.15) is 29.0 Å². The van der Waals surface area contributed by atoms with Gasteiger partial charge in [0.2, 0.25) is 0 Å². The number of nitriles is 1. The van der Waals surface area contributed by atoms with Crippen LogP contribution in [-0.2, 0) is 4.74 Å². The lowest BCUT2D eigenvalue weighted by atomic mass is 10.2. The van der Waals surface area contributed by atoms with Crippen LogP contribution in [0.15, 0.2) is 12.1 Å². The molecule has 1 aromatic heterocycles. The van der Waals surface area contributed by atoms with Crippen LogP contribution in [0.4, 0.5) is 0 Å². The molecular weight excluding hydrogens is 268 g/mol. The Labute approximate surface area is 125 Å². The zero-order valence-corrected chi connectivity index (χ0v) is 12.6. The molecule has 1 fully saturated rings. The largest absolute Gasteiger partial charge is 0.376 e. The van der Waals surface area contributed by atoms with Crippen molar-refractivity contribution in [1.82, 2.24) is 14.8 Å². The van der Waals surface area contributed by atoms with E-state index in [9.17, 15) is 4.79 Å². The first-order chi connectivity index (χ1) is 10.1. The smallest absolute Gasteiger partial charge is 0.270 e. The molecule has 1 N–H and O–H groups in total. The molecule has 2 heterocycles. The summed E-state index contributed by atoms with van der Waals surface area (Å²) < 4.78 is 5.63. The Morgan fingerprint density at radius 3 is 2.86 bits per heavy atom. The van der Waals surface area contributed by atoms with E-state index in [0.717, 1.165) is 26.0 Å². The number of carbonyl (C=O) groups is 1. The van der Waals surface area contributed by atoms with Crippen molar-refractivity contribution in [2.75, 3.05) is 40.3 Å². The summed E-state index contributed by atoms with van der Waals surface area (Å²) in [6, 6.07) is 5.30. The summed E-state index contributed by atoms with van der Waals surface area (Å²) in [6.07, 6.45) is 2.18. The van der Waals surface area contributed by atoms with Crippen LogP contribution in [0.3, 0.4) is 0 Å². The summed E-state index contributed by atoms with van der Waals surface area (Å²) >= 11 is 0. The molecule has 0 aliphatic carbocycles. The lowest BCUT2D eigenvalue weighted by Crippen LogP contribution is -2.41. The van der Waals surface area contributed by atoms with E-state index in [2.05, 4.69) is 4.98 Å². The maximum atomic E-state index is 12.6. The molecule has 0 bridgehead atoms. The average molecular weight is 290 g/mol. The molecular formula is C15H22N4O2. The molecule has 0 radical (unpaired) electrons. The molecule has 0 unspecified atom stereocenters. The van der Waals surface area contributed by atoms with Gasteiger partial charge in [-0.15, -0.1) is 0 Å². The molecule has 1 aliphatic heterocycles. The van der Waals surface area contributed by atoms with Gasteiger partial charge in [0, 0.05) is 26.2 Å². The molecule has 2 rings (SSSR count). The summed E-state index contributed by atoms with van der Waals surface area (Å²) in [6.45, 7) is 2.83. The maximum Gasteiger partial charge on any atom is 0.270 e. The Hall–Kier alpha value is -1.84. The van der Waals surface area contributed by atoms with Gasteiger partial charge in [0.15, 0.2) is 0 Å². The van der Waals surface area contributed by atoms with Gasteiger partial charge in [0.05, 0.1) is 6.10 Å². The third kappa shape index (κ3) is 4.31. The molecule has 1 atom stereocenters. The number of H-pyrrole nitrogens is 1. The fourth-order valence-electron chi connectivity index (χ4n) is 2.39. The van der Waals surface area contributed by atoms with Crippen molar-refractivity contribution in [3.8, 4) is 6.07 Å². The molecule has 114 valence electrons. The minimum absolute atomic E-state index is 0.0751. The molecule has 1 amide bonds. The van der Waals surface area contributed by atoms with Crippen LogP contribution in [0, 0.1) is 11.3 Å². The van der Waals surface area contributed by atoms with E-state index in [1.807, 2.05) is 30.0 Å². The first-order valence-corrected chi connectivity index (χ1v) is 7.25. The number of aromatic nitrogens is 1. The molecule has 1 aromatic rings. The fourth-order valence-corrected chi connectivity index (χ4v) is 2.39. The van der Waals surface area contributed by atoms with Crippen LogP contribution in [0.2, 0.25) is 0 Å². The predicted octanol–water partition coefficient (Wildman–Crippen LogP) is 1.07. The molecule has 6 heteroatoms. The minimum Gasteiger partial charge on any atom is -0.376 e. The quantitative estimate of drug-likeness (QED) is 0.850. The number of likely N-dealkylation sites (N-methyl/N-ethyl adjacent to an activating group) is 1. The van der Waals surface area contributed by atoms with Crippen molar-refractivity contribution < 1.29 is 9.53 Å². The second-order valence-corrected chi connectivity index (χ2v) is 5.59. The van der Waals surface area contributed by atoms with Crippen molar-refractivity contribution in [2.45, 2.75) is 18.9 Å². The van der Waals surface area contributed by atoms with E-state index < -0.39 is 0 Å². The van der Waals surface area contributed by atoms with E-state index in [-0.39, 0.29) is 12.0 Å². The second-order valence-electron chi connectivity index (χ2n) is 5.59. The number of hydrogen-bond donors (Lipinski definition) is 1. The van der Waals surface area contributed by atoms with Gasteiger partial charge in [-0.05, 0) is 39.1 Å².